The molecule has 29 heavy (non-hydrogen) atoms. The summed E-state index contributed by atoms with van der Waals surface area (Å²) in [6.45, 7) is -0.298. The minimum Gasteiger partial charge on any atom is -0.497 e. The Morgan fingerprint density at radius 2 is 2.00 bits per heavy atom. The monoisotopic (exact) mass is 422 g/mol. The van der Waals surface area contributed by atoms with E-state index in [1.807, 2.05) is 0 Å². The van der Waals surface area contributed by atoms with E-state index in [1.54, 1.807) is 12.1 Å². The number of hydrogen-bond acceptors (Lipinski definition) is 5. The van der Waals surface area contributed by atoms with Crippen LogP contribution in [0.2, 0.25) is 5.02 Å². The maximum atomic E-state index is 14.2. The van der Waals surface area contributed by atoms with E-state index in [4.69, 9.17) is 32.2 Å². The Labute approximate surface area is 171 Å². The summed E-state index contributed by atoms with van der Waals surface area (Å²) in [5.74, 6) is -1.63. The first-order valence-corrected chi connectivity index (χ1v) is 8.76. The second-order valence-electron chi connectivity index (χ2n) is 5.85. The Balaban J connectivity index is 2.23. The molecular weight excluding hydrogens is 403 g/mol. The Bertz CT molecular complexity index is 952. The van der Waals surface area contributed by atoms with Crippen molar-refractivity contribution in [2.75, 3.05) is 20.8 Å². The van der Waals surface area contributed by atoms with E-state index in [2.05, 4.69) is 10.6 Å². The highest BCUT2D eigenvalue weighted by atomic mass is 35.5. The summed E-state index contributed by atoms with van der Waals surface area (Å²) < 4.78 is 24.7. The third-order valence-electron chi connectivity index (χ3n) is 3.94. The topological polar surface area (TPSA) is 127 Å². The van der Waals surface area contributed by atoms with Crippen LogP contribution in [0.25, 0.3) is 0 Å². The summed E-state index contributed by atoms with van der Waals surface area (Å²) in [4.78, 5) is 23.9. The normalized spacial score (nSPS) is 10.2. The number of hydrogen-bond donors (Lipinski definition) is 4. The van der Waals surface area contributed by atoms with Crippen LogP contribution in [0.3, 0.4) is 0 Å². The molecule has 0 aliphatic rings. The number of rotatable bonds is 8. The van der Waals surface area contributed by atoms with E-state index >= 15 is 0 Å². The summed E-state index contributed by atoms with van der Waals surface area (Å²) in [7, 11) is 2.84. The van der Waals surface area contributed by atoms with Crippen molar-refractivity contribution in [3.63, 3.8) is 0 Å². The van der Waals surface area contributed by atoms with E-state index in [0.717, 1.165) is 0 Å². The van der Waals surface area contributed by atoms with Gasteiger partial charge in [-0.2, -0.15) is 0 Å². The van der Waals surface area contributed by atoms with Crippen LogP contribution >= 0.6 is 11.6 Å². The average Bonchev–Trinajstić information content (AvgIpc) is 2.71. The number of carbonyl (C=O) groups is 2. The number of carbonyl (C=O) groups excluding carboxylic acids is 2. The molecule has 0 saturated carbocycles. The molecule has 0 unspecified atom stereocenters. The smallest absolute Gasteiger partial charge is 0.257 e. The summed E-state index contributed by atoms with van der Waals surface area (Å²) >= 11 is 5.79. The van der Waals surface area contributed by atoms with Crippen molar-refractivity contribution in [2.45, 2.75) is 6.54 Å². The number of nitrogens with two attached hydrogens (primary N) is 1. The summed E-state index contributed by atoms with van der Waals surface area (Å²) in [5.41, 5.74) is 6.10. The number of nitrogens with one attached hydrogen (secondary N) is 3. The van der Waals surface area contributed by atoms with Crippen molar-refractivity contribution in [3.8, 4) is 11.5 Å². The fourth-order valence-corrected chi connectivity index (χ4v) is 2.55. The molecule has 2 aromatic rings. The van der Waals surface area contributed by atoms with E-state index in [9.17, 15) is 14.0 Å². The molecule has 0 aliphatic heterocycles. The van der Waals surface area contributed by atoms with Crippen LogP contribution in [0.15, 0.2) is 30.3 Å². The SMILES string of the molecule is CNC(=O)COc1cc(C(=N)N)ccc1CNC(=O)c1cc(OC)cc(Cl)c1F. The molecule has 0 bridgehead atoms. The molecule has 0 fully saturated rings. The second-order valence-corrected chi connectivity index (χ2v) is 6.26. The van der Waals surface area contributed by atoms with Crippen LogP contribution in [-0.2, 0) is 11.3 Å². The van der Waals surface area contributed by atoms with E-state index in [0.29, 0.717) is 11.1 Å². The predicted molar refractivity (Wildman–Crippen MR) is 106 cm³/mol. The third-order valence-corrected chi connectivity index (χ3v) is 4.21. The van der Waals surface area contributed by atoms with Crippen LogP contribution < -0.4 is 25.8 Å². The van der Waals surface area contributed by atoms with Gasteiger partial charge in [-0.3, -0.25) is 15.0 Å². The van der Waals surface area contributed by atoms with Gasteiger partial charge in [-0.1, -0.05) is 23.7 Å². The van der Waals surface area contributed by atoms with Crippen molar-refractivity contribution in [3.05, 3.63) is 57.9 Å². The molecule has 2 rings (SSSR count). The highest BCUT2D eigenvalue weighted by Crippen LogP contribution is 2.26. The molecule has 0 radical (unpaired) electrons. The van der Waals surface area contributed by atoms with Crippen molar-refractivity contribution in [1.29, 1.82) is 5.41 Å². The zero-order valence-corrected chi connectivity index (χ0v) is 16.5. The summed E-state index contributed by atoms with van der Waals surface area (Å²) in [6, 6.07) is 7.14. The molecule has 0 atom stereocenters. The largest absolute Gasteiger partial charge is 0.497 e. The molecular formula is C19H20ClFN4O4. The lowest BCUT2D eigenvalue weighted by atomic mass is 10.1. The highest BCUT2D eigenvalue weighted by Gasteiger charge is 2.18. The predicted octanol–water partition coefficient (Wildman–Crippen LogP) is 1.83. The van der Waals surface area contributed by atoms with Crippen molar-refractivity contribution in [1.82, 2.24) is 10.6 Å². The van der Waals surface area contributed by atoms with E-state index in [1.165, 1.54) is 32.4 Å². The minimum atomic E-state index is -0.868. The van der Waals surface area contributed by atoms with Crippen molar-refractivity contribution in [2.24, 2.45) is 5.73 Å². The summed E-state index contributed by atoms with van der Waals surface area (Å²) in [6.07, 6.45) is 0. The quantitative estimate of drug-likeness (QED) is 0.381. The van der Waals surface area contributed by atoms with E-state index < -0.39 is 11.7 Å². The van der Waals surface area contributed by atoms with Gasteiger partial charge in [0.25, 0.3) is 11.8 Å². The van der Waals surface area contributed by atoms with Crippen LogP contribution in [-0.4, -0.2) is 38.4 Å². The third kappa shape index (κ3) is 5.58. The molecule has 0 saturated heterocycles. The van der Waals surface area contributed by atoms with Gasteiger partial charge in [0.2, 0.25) is 0 Å². The van der Waals surface area contributed by atoms with Gasteiger partial charge in [0.15, 0.2) is 12.4 Å². The molecule has 0 aliphatic carbocycles. The molecule has 154 valence electrons. The zero-order valence-electron chi connectivity index (χ0n) is 15.8. The molecule has 5 N–H and O–H groups in total. The van der Waals surface area contributed by atoms with Crippen molar-refractivity contribution < 1.29 is 23.5 Å². The average molecular weight is 423 g/mol. The van der Waals surface area contributed by atoms with Crippen molar-refractivity contribution >= 4 is 29.3 Å². The number of nitrogen functional groups attached to an aromatic ring is 1. The molecule has 10 heteroatoms. The number of methoxy groups -OCH3 is 1. The number of halogens is 2. The lowest BCUT2D eigenvalue weighted by Crippen LogP contribution is -2.27. The highest BCUT2D eigenvalue weighted by molar-refractivity contribution is 6.31. The fraction of sp³-hybridized carbons (Fsp3) is 0.211. The maximum Gasteiger partial charge on any atom is 0.257 e. The van der Waals surface area contributed by atoms with Gasteiger partial charge in [-0.15, -0.1) is 0 Å². The number of benzene rings is 2. The Hall–Kier alpha value is -3.33. The van der Waals surface area contributed by atoms with Gasteiger partial charge in [0.1, 0.15) is 17.3 Å². The van der Waals surface area contributed by atoms with Gasteiger partial charge in [-0.05, 0) is 12.1 Å². The molecule has 0 aromatic heterocycles. The number of likely N-dealkylation sites (N-methyl/N-ethyl adjacent to an activating group) is 1. The lowest BCUT2D eigenvalue weighted by Gasteiger charge is -2.14. The Morgan fingerprint density at radius 3 is 2.62 bits per heavy atom. The van der Waals surface area contributed by atoms with E-state index in [-0.39, 0.29) is 47.0 Å². The number of ether oxygens (including phenoxy) is 2. The van der Waals surface area contributed by atoms with Gasteiger partial charge in [0, 0.05) is 30.8 Å². The molecule has 0 spiro atoms. The van der Waals surface area contributed by atoms with Gasteiger partial charge in [-0.25, -0.2) is 4.39 Å². The lowest BCUT2D eigenvalue weighted by molar-refractivity contribution is -0.122. The Morgan fingerprint density at radius 1 is 1.28 bits per heavy atom. The maximum absolute atomic E-state index is 14.2. The number of amidine groups is 1. The summed E-state index contributed by atoms with van der Waals surface area (Å²) in [5, 5.41) is 12.3. The minimum absolute atomic E-state index is 0.0334. The first-order valence-electron chi connectivity index (χ1n) is 8.38. The molecule has 2 amide bonds. The fourth-order valence-electron chi connectivity index (χ4n) is 2.34. The Kier molecular flexibility index (Phi) is 7.38. The number of amides is 2. The van der Waals surface area contributed by atoms with Crippen LogP contribution in [0.5, 0.6) is 11.5 Å². The first-order chi connectivity index (χ1) is 13.8. The van der Waals surface area contributed by atoms with Gasteiger partial charge in [0.05, 0.1) is 17.7 Å². The zero-order chi connectivity index (χ0) is 21.6. The first kappa shape index (κ1) is 22.0. The van der Waals surface area contributed by atoms with Gasteiger partial charge >= 0.3 is 0 Å². The second kappa shape index (κ2) is 9.74. The molecule has 2 aromatic carbocycles. The molecule has 8 nitrogen and oxygen atoms in total. The van der Waals surface area contributed by atoms with Crippen LogP contribution in [0, 0.1) is 11.2 Å². The van der Waals surface area contributed by atoms with Crippen LogP contribution in [0.1, 0.15) is 21.5 Å². The van der Waals surface area contributed by atoms with Crippen LogP contribution in [0.4, 0.5) is 4.39 Å². The standard InChI is InChI=1S/C19H20ClFN4O4/c1-24-16(26)9-29-15-5-10(18(22)23)3-4-11(15)8-25-19(27)13-6-12(28-2)7-14(20)17(13)21/h3-7H,8-9H2,1-2H3,(H3,22,23)(H,24,26)(H,25,27). The van der Waals surface area contributed by atoms with Gasteiger partial charge < -0.3 is 25.8 Å². The molecule has 0 heterocycles.